The van der Waals surface area contributed by atoms with Crippen molar-refractivity contribution in [2.75, 3.05) is 20.5 Å². The molecule has 3 nitrogen and oxygen atoms in total. The Labute approximate surface area is 96.1 Å². The van der Waals surface area contributed by atoms with Gasteiger partial charge >= 0.3 is 0 Å². The molecule has 0 aromatic carbocycles. The van der Waals surface area contributed by atoms with E-state index in [4.69, 9.17) is 9.47 Å². The average Bonchev–Trinajstić information content (AvgIpc) is 2.45. The summed E-state index contributed by atoms with van der Waals surface area (Å²) in [6, 6.07) is 0. The third-order valence-corrected chi connectivity index (χ3v) is 3.74. The number of ether oxygens (including phenoxy) is 2. The van der Waals surface area contributed by atoms with Crippen molar-refractivity contribution < 1.29 is 14.3 Å². The molecule has 0 aromatic heterocycles. The predicted molar refractivity (Wildman–Crippen MR) is 60.9 cm³/mol. The molecule has 2 atom stereocenters. The minimum atomic E-state index is -0.314. The molecule has 0 heterocycles. The van der Waals surface area contributed by atoms with Crippen LogP contribution in [0.2, 0.25) is 0 Å². The van der Waals surface area contributed by atoms with E-state index in [9.17, 15) is 4.79 Å². The van der Waals surface area contributed by atoms with E-state index >= 15 is 0 Å². The van der Waals surface area contributed by atoms with Crippen LogP contribution in [0.3, 0.4) is 0 Å². The first-order valence-corrected chi connectivity index (χ1v) is 5.53. The zero-order valence-corrected chi connectivity index (χ0v) is 10.1. The predicted octanol–water partition coefficient (Wildman–Crippen LogP) is 2.09. The Morgan fingerprint density at radius 1 is 1.50 bits per heavy atom. The maximum Gasteiger partial charge on any atom is 0.165 e. The lowest BCUT2D eigenvalue weighted by molar-refractivity contribution is -0.123. The van der Waals surface area contributed by atoms with E-state index in [1.807, 2.05) is 19.9 Å². The van der Waals surface area contributed by atoms with Crippen molar-refractivity contribution in [2.24, 2.45) is 10.8 Å². The molecule has 16 heavy (non-hydrogen) atoms. The van der Waals surface area contributed by atoms with Gasteiger partial charge in [-0.1, -0.05) is 17.7 Å². The van der Waals surface area contributed by atoms with Crippen LogP contribution in [0.25, 0.3) is 0 Å². The van der Waals surface area contributed by atoms with Crippen LogP contribution >= 0.6 is 0 Å². The summed E-state index contributed by atoms with van der Waals surface area (Å²) in [7, 11) is 1.61. The van der Waals surface area contributed by atoms with Gasteiger partial charge in [-0.05, 0) is 26.3 Å². The van der Waals surface area contributed by atoms with Gasteiger partial charge in [0.05, 0.1) is 12.0 Å². The average molecular weight is 222 g/mol. The maximum absolute atomic E-state index is 11.9. The zero-order chi connectivity index (χ0) is 11.8. The molecule has 0 radical (unpaired) electrons. The van der Waals surface area contributed by atoms with Gasteiger partial charge in [0.1, 0.15) is 6.79 Å². The van der Waals surface area contributed by atoms with E-state index in [0.717, 1.165) is 12.0 Å². The van der Waals surface area contributed by atoms with Crippen LogP contribution in [0.4, 0.5) is 0 Å². The summed E-state index contributed by atoms with van der Waals surface area (Å²) in [5.41, 5.74) is 0.736. The Bertz CT molecular complexity index is 369. The van der Waals surface area contributed by atoms with E-state index in [1.54, 1.807) is 13.2 Å². The van der Waals surface area contributed by atoms with Gasteiger partial charge in [-0.3, -0.25) is 4.79 Å². The van der Waals surface area contributed by atoms with Crippen LogP contribution in [0, 0.1) is 10.8 Å². The number of hydrogen-bond donors (Lipinski definition) is 0. The van der Waals surface area contributed by atoms with Gasteiger partial charge in [0.2, 0.25) is 0 Å². The molecule has 0 aliphatic heterocycles. The van der Waals surface area contributed by atoms with Crippen LogP contribution in [-0.4, -0.2) is 26.3 Å². The van der Waals surface area contributed by atoms with E-state index in [-0.39, 0.29) is 16.6 Å². The second kappa shape index (κ2) is 3.82. The van der Waals surface area contributed by atoms with Gasteiger partial charge < -0.3 is 9.47 Å². The molecule has 2 rings (SSSR count). The summed E-state index contributed by atoms with van der Waals surface area (Å²) < 4.78 is 10.3. The third-order valence-electron chi connectivity index (χ3n) is 3.74. The highest BCUT2D eigenvalue weighted by molar-refractivity contribution is 5.99. The molecule has 0 saturated heterocycles. The van der Waals surface area contributed by atoms with Crippen molar-refractivity contribution in [3.05, 3.63) is 23.8 Å². The van der Waals surface area contributed by atoms with Crippen LogP contribution in [0.5, 0.6) is 0 Å². The minimum absolute atomic E-state index is 0.106. The highest BCUT2D eigenvalue weighted by Gasteiger charge is 2.49. The second-order valence-electron chi connectivity index (χ2n) is 5.02. The smallest absolute Gasteiger partial charge is 0.165 e. The highest BCUT2D eigenvalue weighted by atomic mass is 16.7. The van der Waals surface area contributed by atoms with Gasteiger partial charge in [0.15, 0.2) is 5.78 Å². The van der Waals surface area contributed by atoms with E-state index in [2.05, 4.69) is 6.08 Å². The SMILES string of the molecule is COCOC[C@]12C=CC(=O)[C@](C)(C1)C(C)=C2. The highest BCUT2D eigenvalue weighted by Crippen LogP contribution is 2.52. The molecule has 0 saturated carbocycles. The van der Waals surface area contributed by atoms with Crippen molar-refractivity contribution in [2.45, 2.75) is 20.3 Å². The van der Waals surface area contributed by atoms with Gasteiger partial charge in [-0.25, -0.2) is 0 Å². The molecule has 3 heteroatoms. The fourth-order valence-electron chi connectivity index (χ4n) is 2.71. The van der Waals surface area contributed by atoms with Gasteiger partial charge in [0, 0.05) is 12.5 Å². The molecule has 0 unspecified atom stereocenters. The lowest BCUT2D eigenvalue weighted by atomic mass is 9.71. The molecule has 0 N–H and O–H groups in total. The number of carbonyl (C=O) groups excluding carboxylic acids is 1. The van der Waals surface area contributed by atoms with Crippen molar-refractivity contribution >= 4 is 5.78 Å². The fraction of sp³-hybridized carbons (Fsp3) is 0.615. The number of hydrogen-bond acceptors (Lipinski definition) is 3. The summed E-state index contributed by atoms with van der Waals surface area (Å²) in [5, 5.41) is 0. The van der Waals surface area contributed by atoms with Crippen LogP contribution < -0.4 is 0 Å². The van der Waals surface area contributed by atoms with Crippen molar-refractivity contribution in [3.63, 3.8) is 0 Å². The fourth-order valence-corrected chi connectivity index (χ4v) is 2.71. The molecule has 88 valence electrons. The maximum atomic E-state index is 11.9. The lowest BCUT2D eigenvalue weighted by Crippen LogP contribution is -2.34. The molecule has 0 amide bonds. The Morgan fingerprint density at radius 3 is 2.94 bits per heavy atom. The Morgan fingerprint density at radius 2 is 2.25 bits per heavy atom. The normalized spacial score (nSPS) is 36.7. The standard InChI is InChI=1S/C13H18O3/c1-10-6-13(8-16-9-15-3)5-4-11(14)12(10,2)7-13/h4-6H,7-9H2,1-3H3/t12-,13+/m1/s1. The van der Waals surface area contributed by atoms with Gasteiger partial charge in [0.25, 0.3) is 0 Å². The van der Waals surface area contributed by atoms with Crippen LogP contribution in [0.1, 0.15) is 20.3 Å². The number of ketones is 1. The summed E-state index contributed by atoms with van der Waals surface area (Å²) in [5.74, 6) is 0.209. The van der Waals surface area contributed by atoms with Crippen LogP contribution in [0.15, 0.2) is 23.8 Å². The quantitative estimate of drug-likeness (QED) is 0.415. The summed E-state index contributed by atoms with van der Waals surface area (Å²) in [4.78, 5) is 11.9. The molecule has 0 aromatic rings. The monoisotopic (exact) mass is 222 g/mol. The Kier molecular flexibility index (Phi) is 2.76. The first-order chi connectivity index (χ1) is 7.52. The second-order valence-corrected chi connectivity index (χ2v) is 5.02. The molecular formula is C13H18O3. The topological polar surface area (TPSA) is 35.5 Å². The largest absolute Gasteiger partial charge is 0.359 e. The lowest BCUT2D eigenvalue weighted by Gasteiger charge is -2.33. The molecule has 2 aliphatic carbocycles. The van der Waals surface area contributed by atoms with Gasteiger partial charge in [-0.15, -0.1) is 0 Å². The Hall–Kier alpha value is -0.930. The first kappa shape index (κ1) is 11.6. The Balaban J connectivity index is 2.19. The molecule has 2 bridgehead atoms. The first-order valence-electron chi connectivity index (χ1n) is 5.53. The summed E-state index contributed by atoms with van der Waals surface area (Å²) in [6.45, 7) is 4.93. The number of fused-ring (bicyclic) bond motifs is 2. The number of methoxy groups -OCH3 is 1. The van der Waals surface area contributed by atoms with E-state index in [0.29, 0.717) is 13.4 Å². The zero-order valence-electron chi connectivity index (χ0n) is 10.1. The third kappa shape index (κ3) is 1.64. The van der Waals surface area contributed by atoms with Crippen LogP contribution in [-0.2, 0) is 14.3 Å². The summed E-state index contributed by atoms with van der Waals surface area (Å²) >= 11 is 0. The van der Waals surface area contributed by atoms with Gasteiger partial charge in [-0.2, -0.15) is 0 Å². The minimum Gasteiger partial charge on any atom is -0.359 e. The van der Waals surface area contributed by atoms with Crippen molar-refractivity contribution in [1.82, 2.24) is 0 Å². The van der Waals surface area contributed by atoms with E-state index < -0.39 is 0 Å². The molecule has 0 fully saturated rings. The molecular weight excluding hydrogens is 204 g/mol. The van der Waals surface area contributed by atoms with E-state index in [1.165, 1.54) is 0 Å². The molecule has 0 spiro atoms. The number of carbonyl (C=O) groups is 1. The number of allylic oxidation sites excluding steroid dienone is 2. The van der Waals surface area contributed by atoms with Crippen molar-refractivity contribution in [1.29, 1.82) is 0 Å². The summed E-state index contributed by atoms with van der Waals surface area (Å²) in [6.07, 6.45) is 6.67. The number of rotatable bonds is 4. The molecule has 2 aliphatic rings. The van der Waals surface area contributed by atoms with Crippen molar-refractivity contribution in [3.8, 4) is 0 Å².